The van der Waals surface area contributed by atoms with Gasteiger partial charge in [0.05, 0.1) is 12.6 Å². The number of rotatable bonds is 3. The molecule has 0 saturated carbocycles. The van der Waals surface area contributed by atoms with Crippen LogP contribution in [0.3, 0.4) is 0 Å². The third kappa shape index (κ3) is 2.19. The van der Waals surface area contributed by atoms with Crippen LogP contribution >= 0.6 is 15.9 Å². The number of carbonyl (C=O) groups is 2. The first-order valence-electron chi connectivity index (χ1n) is 3.85. The molecule has 1 aliphatic rings. The second kappa shape index (κ2) is 4.06. The SMILES string of the molecule is CN1CC(=O)N(CC(O)CBr)C1=O. The Morgan fingerprint density at radius 2 is 2.23 bits per heavy atom. The number of amides is 3. The van der Waals surface area contributed by atoms with Crippen molar-refractivity contribution in [1.29, 1.82) is 0 Å². The van der Waals surface area contributed by atoms with Crippen LogP contribution in [0.2, 0.25) is 0 Å². The number of hydrogen-bond acceptors (Lipinski definition) is 3. The van der Waals surface area contributed by atoms with Crippen LogP contribution in [0.5, 0.6) is 0 Å². The van der Waals surface area contributed by atoms with Crippen LogP contribution in [0, 0.1) is 0 Å². The van der Waals surface area contributed by atoms with Gasteiger partial charge in [0, 0.05) is 12.4 Å². The highest BCUT2D eigenvalue weighted by atomic mass is 79.9. The zero-order chi connectivity index (χ0) is 10.0. The van der Waals surface area contributed by atoms with Crippen LogP contribution in [0.15, 0.2) is 0 Å². The maximum Gasteiger partial charge on any atom is 0.327 e. The van der Waals surface area contributed by atoms with E-state index >= 15 is 0 Å². The second-order valence-corrected chi connectivity index (χ2v) is 3.60. The zero-order valence-corrected chi connectivity index (χ0v) is 8.82. The van der Waals surface area contributed by atoms with Gasteiger partial charge in [-0.1, -0.05) is 15.9 Å². The molecule has 0 aromatic heterocycles. The largest absolute Gasteiger partial charge is 0.390 e. The van der Waals surface area contributed by atoms with E-state index in [1.807, 2.05) is 0 Å². The molecule has 0 aromatic carbocycles. The molecule has 74 valence electrons. The maximum atomic E-state index is 11.3. The van der Waals surface area contributed by atoms with Crippen LogP contribution in [-0.4, -0.2) is 58.4 Å². The van der Waals surface area contributed by atoms with Crippen molar-refractivity contribution in [2.24, 2.45) is 0 Å². The van der Waals surface area contributed by atoms with Crippen molar-refractivity contribution in [3.8, 4) is 0 Å². The third-order valence-corrected chi connectivity index (χ3v) is 2.55. The van der Waals surface area contributed by atoms with E-state index in [0.717, 1.165) is 4.90 Å². The summed E-state index contributed by atoms with van der Waals surface area (Å²) in [6.07, 6.45) is -0.695. The minimum Gasteiger partial charge on any atom is -0.390 e. The van der Waals surface area contributed by atoms with Gasteiger partial charge in [-0.2, -0.15) is 0 Å². The van der Waals surface area contributed by atoms with Crippen LogP contribution in [0.25, 0.3) is 0 Å². The van der Waals surface area contributed by atoms with Gasteiger partial charge in [0.2, 0.25) is 5.91 Å². The predicted octanol–water partition coefficient (Wildman–Crippen LogP) is -0.364. The standard InChI is InChI=1S/C7H11BrN2O3/c1-9-4-6(12)10(7(9)13)3-5(11)2-8/h5,11H,2-4H2,1H3. The summed E-state index contributed by atoms with van der Waals surface area (Å²) in [4.78, 5) is 24.8. The average molecular weight is 251 g/mol. The fourth-order valence-electron chi connectivity index (χ4n) is 1.11. The van der Waals surface area contributed by atoms with E-state index in [0.29, 0.717) is 5.33 Å². The number of halogens is 1. The first kappa shape index (κ1) is 10.5. The molecule has 0 aliphatic carbocycles. The molecule has 1 rings (SSSR count). The molecule has 0 aromatic rings. The zero-order valence-electron chi connectivity index (χ0n) is 7.23. The molecule has 0 bridgehead atoms. The summed E-state index contributed by atoms with van der Waals surface area (Å²) < 4.78 is 0. The van der Waals surface area contributed by atoms with Gasteiger partial charge in [-0.15, -0.1) is 0 Å². The van der Waals surface area contributed by atoms with Gasteiger partial charge in [0.15, 0.2) is 0 Å². The van der Waals surface area contributed by atoms with E-state index < -0.39 is 6.10 Å². The average Bonchev–Trinajstić information content (AvgIpc) is 2.32. The summed E-state index contributed by atoms with van der Waals surface area (Å²) in [5.41, 5.74) is 0. The topological polar surface area (TPSA) is 60.9 Å². The second-order valence-electron chi connectivity index (χ2n) is 2.95. The Balaban J connectivity index is 2.59. The number of alkyl halides is 1. The third-order valence-electron chi connectivity index (χ3n) is 1.80. The Morgan fingerprint density at radius 1 is 1.62 bits per heavy atom. The number of likely N-dealkylation sites (N-methyl/N-ethyl adjacent to an activating group) is 1. The molecule has 1 N–H and O–H groups in total. The van der Waals surface area contributed by atoms with E-state index in [2.05, 4.69) is 15.9 Å². The van der Waals surface area contributed by atoms with Crippen LogP contribution in [0.4, 0.5) is 4.79 Å². The quantitative estimate of drug-likeness (QED) is 0.550. The molecule has 0 spiro atoms. The molecular formula is C7H11BrN2O3. The first-order valence-corrected chi connectivity index (χ1v) is 4.98. The molecular weight excluding hydrogens is 240 g/mol. The van der Waals surface area contributed by atoms with E-state index in [9.17, 15) is 14.7 Å². The van der Waals surface area contributed by atoms with Crippen molar-refractivity contribution >= 4 is 27.9 Å². The van der Waals surface area contributed by atoms with E-state index in [1.165, 1.54) is 4.90 Å². The molecule has 1 atom stereocenters. The van der Waals surface area contributed by atoms with Crippen LogP contribution in [0.1, 0.15) is 0 Å². The fraction of sp³-hybridized carbons (Fsp3) is 0.714. The number of urea groups is 1. The van der Waals surface area contributed by atoms with Gasteiger partial charge in [0.25, 0.3) is 0 Å². The van der Waals surface area contributed by atoms with Gasteiger partial charge in [0.1, 0.15) is 6.54 Å². The molecule has 0 radical (unpaired) electrons. The molecule has 1 heterocycles. The highest BCUT2D eigenvalue weighted by molar-refractivity contribution is 9.09. The number of aliphatic hydroxyl groups excluding tert-OH is 1. The first-order chi connectivity index (χ1) is 6.06. The Labute approximate surface area is 84.4 Å². The lowest BCUT2D eigenvalue weighted by atomic mass is 10.4. The number of aliphatic hydroxyl groups is 1. The van der Waals surface area contributed by atoms with Crippen molar-refractivity contribution in [3.05, 3.63) is 0 Å². The summed E-state index contributed by atoms with van der Waals surface area (Å²) in [5.74, 6) is -0.257. The molecule has 3 amide bonds. The molecule has 6 heteroatoms. The number of imide groups is 1. The molecule has 1 unspecified atom stereocenters. The highest BCUT2D eigenvalue weighted by Crippen LogP contribution is 2.08. The van der Waals surface area contributed by atoms with E-state index in [4.69, 9.17) is 0 Å². The van der Waals surface area contributed by atoms with E-state index in [-0.39, 0.29) is 25.0 Å². The summed E-state index contributed by atoms with van der Waals surface area (Å²) in [6, 6.07) is -0.343. The fourth-order valence-corrected chi connectivity index (χ4v) is 1.31. The summed E-state index contributed by atoms with van der Waals surface area (Å²) in [7, 11) is 1.56. The Hall–Kier alpha value is -0.620. The van der Waals surface area contributed by atoms with E-state index in [1.54, 1.807) is 7.05 Å². The molecule has 1 aliphatic heterocycles. The molecule has 5 nitrogen and oxygen atoms in total. The monoisotopic (exact) mass is 250 g/mol. The van der Waals surface area contributed by atoms with Crippen molar-refractivity contribution in [1.82, 2.24) is 9.80 Å². The summed E-state index contributed by atoms with van der Waals surface area (Å²) in [6.45, 7) is 0.168. The van der Waals surface area contributed by atoms with Gasteiger partial charge < -0.3 is 10.0 Å². The van der Waals surface area contributed by atoms with Gasteiger partial charge in [-0.3, -0.25) is 9.69 Å². The number of β-amino-alcohol motifs (C(OH)–C–C–N with tert-alkyl or cyclic N) is 1. The number of nitrogens with zero attached hydrogens (tertiary/aromatic N) is 2. The minimum atomic E-state index is -0.695. The van der Waals surface area contributed by atoms with Gasteiger partial charge in [-0.05, 0) is 0 Å². The summed E-state index contributed by atoms with van der Waals surface area (Å²) in [5, 5.41) is 9.58. The maximum absolute atomic E-state index is 11.3. The van der Waals surface area contributed by atoms with Crippen molar-refractivity contribution in [3.63, 3.8) is 0 Å². The lowest BCUT2D eigenvalue weighted by Gasteiger charge is -2.16. The molecule has 13 heavy (non-hydrogen) atoms. The number of carbonyl (C=O) groups excluding carboxylic acids is 2. The Bertz CT molecular complexity index is 234. The lowest BCUT2D eigenvalue weighted by Crippen LogP contribution is -2.38. The van der Waals surface area contributed by atoms with Crippen molar-refractivity contribution in [2.45, 2.75) is 6.10 Å². The summed E-state index contributed by atoms with van der Waals surface area (Å²) >= 11 is 3.06. The van der Waals surface area contributed by atoms with Gasteiger partial charge in [-0.25, -0.2) is 4.79 Å². The molecule has 1 fully saturated rings. The number of hydrogen-bond donors (Lipinski definition) is 1. The predicted molar refractivity (Wildman–Crippen MR) is 49.5 cm³/mol. The smallest absolute Gasteiger partial charge is 0.327 e. The van der Waals surface area contributed by atoms with Gasteiger partial charge >= 0.3 is 6.03 Å². The van der Waals surface area contributed by atoms with Crippen LogP contribution < -0.4 is 0 Å². The highest BCUT2D eigenvalue weighted by Gasteiger charge is 2.34. The Kier molecular flexibility index (Phi) is 3.27. The minimum absolute atomic E-state index is 0.0628. The molecule has 1 saturated heterocycles. The Morgan fingerprint density at radius 3 is 2.62 bits per heavy atom. The van der Waals surface area contributed by atoms with Crippen molar-refractivity contribution in [2.75, 3.05) is 25.5 Å². The normalized spacial score (nSPS) is 19.9. The van der Waals surface area contributed by atoms with Crippen molar-refractivity contribution < 1.29 is 14.7 Å². The lowest BCUT2D eigenvalue weighted by molar-refractivity contribution is -0.126. The van der Waals surface area contributed by atoms with Crippen LogP contribution in [-0.2, 0) is 4.79 Å².